The summed E-state index contributed by atoms with van der Waals surface area (Å²) in [4.78, 5) is 10.4. The van der Waals surface area contributed by atoms with Crippen molar-refractivity contribution in [3.8, 4) is 78.4 Å². The highest BCUT2D eigenvalue weighted by Gasteiger charge is 2.45. The lowest BCUT2D eigenvalue weighted by molar-refractivity contribution is 0.353. The van der Waals surface area contributed by atoms with Gasteiger partial charge in [0.1, 0.15) is 0 Å². The zero-order valence-electron chi connectivity index (χ0n) is 34.6. The molecule has 1 saturated carbocycles. The predicted molar refractivity (Wildman–Crippen MR) is 259 cm³/mol. The fourth-order valence-corrected chi connectivity index (χ4v) is 10.7. The molecule has 62 heavy (non-hydrogen) atoms. The fraction of sp³-hybridized carbons (Fsp3) is 0.100. The van der Waals surface area contributed by atoms with Gasteiger partial charge < -0.3 is 0 Å². The minimum atomic E-state index is 0.0550. The van der Waals surface area contributed by atoms with E-state index in [4.69, 9.17) is 9.97 Å². The van der Waals surface area contributed by atoms with Crippen molar-refractivity contribution in [3.63, 3.8) is 0 Å². The van der Waals surface area contributed by atoms with Gasteiger partial charge in [-0.05, 0) is 114 Å². The first kappa shape index (κ1) is 36.4. The van der Waals surface area contributed by atoms with Crippen molar-refractivity contribution in [2.24, 2.45) is 0 Å². The van der Waals surface area contributed by atoms with Crippen molar-refractivity contribution in [2.75, 3.05) is 0 Å². The fourth-order valence-electron chi connectivity index (χ4n) is 10.7. The Bertz CT molecular complexity index is 3300. The number of benzene rings is 9. The molecule has 0 unspecified atom stereocenters. The molecular formula is C60H44N2. The van der Waals surface area contributed by atoms with Crippen LogP contribution < -0.4 is 0 Å². The zero-order chi connectivity index (χ0) is 41.0. The molecule has 1 heterocycles. The van der Waals surface area contributed by atoms with Gasteiger partial charge in [0.15, 0.2) is 5.82 Å². The largest absolute Gasteiger partial charge is 0.228 e. The summed E-state index contributed by atoms with van der Waals surface area (Å²) < 4.78 is 0. The second-order valence-corrected chi connectivity index (χ2v) is 17.2. The van der Waals surface area contributed by atoms with E-state index in [0.717, 1.165) is 33.6 Å². The van der Waals surface area contributed by atoms with Gasteiger partial charge in [-0.15, -0.1) is 0 Å². The van der Waals surface area contributed by atoms with Crippen molar-refractivity contribution in [1.82, 2.24) is 9.97 Å². The molecule has 2 aliphatic carbocycles. The maximum atomic E-state index is 5.21. The molecule has 1 fully saturated rings. The van der Waals surface area contributed by atoms with Gasteiger partial charge >= 0.3 is 0 Å². The highest BCUT2D eigenvalue weighted by Crippen LogP contribution is 2.59. The lowest BCUT2D eigenvalue weighted by Gasteiger charge is -2.36. The summed E-state index contributed by atoms with van der Waals surface area (Å²) in [6.45, 7) is 0. The molecule has 294 valence electrons. The Morgan fingerprint density at radius 3 is 1.69 bits per heavy atom. The Morgan fingerprint density at radius 2 is 0.919 bits per heavy atom. The molecule has 9 aromatic carbocycles. The van der Waals surface area contributed by atoms with Gasteiger partial charge in [0, 0.05) is 22.1 Å². The molecular weight excluding hydrogens is 749 g/mol. The molecule has 2 heteroatoms. The minimum absolute atomic E-state index is 0.0550. The average Bonchev–Trinajstić information content (AvgIpc) is 3.60. The van der Waals surface area contributed by atoms with Crippen molar-refractivity contribution in [3.05, 3.63) is 217 Å². The van der Waals surface area contributed by atoms with Crippen molar-refractivity contribution in [2.45, 2.75) is 37.5 Å². The van der Waals surface area contributed by atoms with Crippen LogP contribution in [0.15, 0.2) is 206 Å². The van der Waals surface area contributed by atoms with Crippen LogP contribution in [0.25, 0.3) is 100.0 Å². The van der Waals surface area contributed by atoms with Crippen molar-refractivity contribution >= 4 is 21.5 Å². The number of hydrogen-bond donors (Lipinski definition) is 0. The smallest absolute Gasteiger partial charge is 0.160 e. The Labute approximate surface area is 363 Å². The Morgan fingerprint density at radius 1 is 0.323 bits per heavy atom. The Balaban J connectivity index is 1.01. The lowest BCUT2D eigenvalue weighted by Crippen LogP contribution is -2.28. The molecule has 1 aromatic heterocycles. The van der Waals surface area contributed by atoms with E-state index in [-0.39, 0.29) is 5.41 Å². The Kier molecular flexibility index (Phi) is 8.78. The lowest BCUT2D eigenvalue weighted by atomic mass is 9.67. The summed E-state index contributed by atoms with van der Waals surface area (Å²) in [6, 6.07) is 75.4. The molecule has 12 rings (SSSR count). The molecule has 0 aliphatic heterocycles. The molecule has 10 aromatic rings. The van der Waals surface area contributed by atoms with Crippen LogP contribution in [0.4, 0.5) is 0 Å². The van der Waals surface area contributed by atoms with E-state index in [2.05, 4.69) is 200 Å². The maximum absolute atomic E-state index is 5.21. The van der Waals surface area contributed by atoms with Crippen LogP contribution in [0.5, 0.6) is 0 Å². The molecule has 2 aliphatic rings. The number of fused-ring (bicyclic) bond motifs is 7. The third-order valence-corrected chi connectivity index (χ3v) is 13.7. The van der Waals surface area contributed by atoms with Crippen LogP contribution in [0.3, 0.4) is 0 Å². The van der Waals surface area contributed by atoms with E-state index in [1.54, 1.807) is 0 Å². The van der Waals surface area contributed by atoms with Crippen LogP contribution in [-0.2, 0) is 5.41 Å². The molecule has 0 saturated heterocycles. The van der Waals surface area contributed by atoms with Crippen LogP contribution >= 0.6 is 0 Å². The summed E-state index contributed by atoms with van der Waals surface area (Å²) >= 11 is 0. The third-order valence-electron chi connectivity index (χ3n) is 13.7. The van der Waals surface area contributed by atoms with Crippen molar-refractivity contribution < 1.29 is 0 Å². The van der Waals surface area contributed by atoms with Gasteiger partial charge in [-0.1, -0.05) is 201 Å². The van der Waals surface area contributed by atoms with Gasteiger partial charge in [-0.3, -0.25) is 0 Å². The van der Waals surface area contributed by atoms with E-state index in [1.165, 1.54) is 104 Å². The van der Waals surface area contributed by atoms with Crippen LogP contribution in [0.2, 0.25) is 0 Å². The summed E-state index contributed by atoms with van der Waals surface area (Å²) in [6.07, 6.45) is 6.26. The van der Waals surface area contributed by atoms with Gasteiger partial charge in [-0.25, -0.2) is 9.97 Å². The zero-order valence-corrected chi connectivity index (χ0v) is 34.6. The topological polar surface area (TPSA) is 25.8 Å². The molecule has 0 N–H and O–H groups in total. The monoisotopic (exact) mass is 792 g/mol. The third kappa shape index (κ3) is 6.09. The number of hydrogen-bond acceptors (Lipinski definition) is 2. The highest BCUT2D eigenvalue weighted by atomic mass is 14.9. The van der Waals surface area contributed by atoms with Crippen molar-refractivity contribution in [1.29, 1.82) is 0 Å². The van der Waals surface area contributed by atoms with Gasteiger partial charge in [-0.2, -0.15) is 0 Å². The average molecular weight is 793 g/mol. The molecule has 0 atom stereocenters. The standard InChI is InChI=1S/C60H44N2/c1-4-16-40(17-5-1)45-23-14-24-48(36-45)56-39-55(61-59(62-56)44-19-6-2-7-20-44)42-28-30-43(31-29-42)57-49-25-11-10-18-41(49)32-33-51(57)50-26-15-27-53-58(50)52-37-46-21-8-9-22-47(46)38-54(52)60(53)34-12-3-13-35-60/h1-2,4-11,14-33,36-39H,3,12-13,34-35H2. The molecule has 2 nitrogen and oxygen atoms in total. The number of rotatable bonds is 6. The van der Waals surface area contributed by atoms with Crippen LogP contribution in [-0.4, -0.2) is 9.97 Å². The summed E-state index contributed by atoms with van der Waals surface area (Å²) in [5.41, 5.74) is 18.2. The first-order valence-corrected chi connectivity index (χ1v) is 22.1. The quantitative estimate of drug-likeness (QED) is 0.168. The van der Waals surface area contributed by atoms with E-state index in [0.29, 0.717) is 5.82 Å². The number of aromatic nitrogens is 2. The first-order valence-electron chi connectivity index (χ1n) is 22.1. The minimum Gasteiger partial charge on any atom is -0.228 e. The van der Waals surface area contributed by atoms with E-state index >= 15 is 0 Å². The normalized spacial score (nSPS) is 13.9. The van der Waals surface area contributed by atoms with Gasteiger partial charge in [0.2, 0.25) is 0 Å². The Hall–Kier alpha value is -7.42. The van der Waals surface area contributed by atoms with Crippen LogP contribution in [0, 0.1) is 0 Å². The predicted octanol–water partition coefficient (Wildman–Crippen LogP) is 16.0. The van der Waals surface area contributed by atoms with E-state index in [9.17, 15) is 0 Å². The summed E-state index contributed by atoms with van der Waals surface area (Å²) in [5, 5.41) is 5.14. The van der Waals surface area contributed by atoms with Crippen LogP contribution in [0.1, 0.15) is 43.2 Å². The second-order valence-electron chi connectivity index (χ2n) is 17.2. The molecule has 0 amide bonds. The SMILES string of the molecule is c1ccc(-c2cccc(-c3cc(-c4ccc(-c5c(-c6cccc7c6-c6cc8ccccc8cc6C76CCCCC6)ccc6ccccc56)cc4)nc(-c4ccccc4)n3)c2)cc1. The van der Waals surface area contributed by atoms with Gasteiger partial charge in [0.25, 0.3) is 0 Å². The highest BCUT2D eigenvalue weighted by molar-refractivity contribution is 6.08. The number of nitrogens with zero attached hydrogens (tertiary/aromatic N) is 2. The van der Waals surface area contributed by atoms with Gasteiger partial charge in [0.05, 0.1) is 11.4 Å². The molecule has 0 radical (unpaired) electrons. The van der Waals surface area contributed by atoms with E-state index < -0.39 is 0 Å². The first-order chi connectivity index (χ1) is 30.7. The van der Waals surface area contributed by atoms with E-state index in [1.807, 2.05) is 6.07 Å². The molecule has 0 bridgehead atoms. The second kappa shape index (κ2) is 14.9. The summed E-state index contributed by atoms with van der Waals surface area (Å²) in [5.74, 6) is 0.713. The molecule has 1 spiro atoms. The maximum Gasteiger partial charge on any atom is 0.160 e. The summed E-state index contributed by atoms with van der Waals surface area (Å²) in [7, 11) is 0.